The van der Waals surface area contributed by atoms with Crippen LogP contribution in [0.2, 0.25) is 0 Å². The van der Waals surface area contributed by atoms with Crippen LogP contribution in [0, 0.1) is 0 Å². The Bertz CT molecular complexity index is 537. The van der Waals surface area contributed by atoms with E-state index in [1.165, 1.54) is 9.80 Å². The highest BCUT2D eigenvalue weighted by atomic mass is 16.3. The van der Waals surface area contributed by atoms with Gasteiger partial charge in [-0.1, -0.05) is 30.3 Å². The van der Waals surface area contributed by atoms with Crippen LogP contribution in [0.1, 0.15) is 5.56 Å². The summed E-state index contributed by atoms with van der Waals surface area (Å²) in [6, 6.07) is 9.55. The van der Waals surface area contributed by atoms with Crippen molar-refractivity contribution in [3.05, 3.63) is 47.2 Å². The molecule has 0 unspecified atom stereocenters. The van der Waals surface area contributed by atoms with Crippen LogP contribution in [0.25, 0.3) is 0 Å². The molecule has 1 aliphatic heterocycles. The highest BCUT2D eigenvalue weighted by Gasteiger charge is 2.32. The molecule has 0 bridgehead atoms. The number of rotatable bonds is 3. The van der Waals surface area contributed by atoms with E-state index in [1.54, 1.807) is 14.1 Å². The summed E-state index contributed by atoms with van der Waals surface area (Å²) in [4.78, 5) is 26.4. The Labute approximate surface area is 111 Å². The number of hydrogen-bond acceptors (Lipinski definition) is 3. The number of carbonyl (C=O) groups excluding carboxylic acids is 2. The van der Waals surface area contributed by atoms with Gasteiger partial charge in [0, 0.05) is 20.6 Å². The Morgan fingerprint density at radius 2 is 2.00 bits per heavy atom. The van der Waals surface area contributed by atoms with Crippen molar-refractivity contribution in [1.29, 1.82) is 0 Å². The van der Waals surface area contributed by atoms with E-state index in [0.29, 0.717) is 6.54 Å². The third kappa shape index (κ3) is 2.59. The van der Waals surface area contributed by atoms with E-state index in [9.17, 15) is 14.7 Å². The van der Waals surface area contributed by atoms with E-state index in [1.807, 2.05) is 30.3 Å². The minimum absolute atomic E-state index is 0.155. The predicted octanol–water partition coefficient (Wildman–Crippen LogP) is 0.929. The minimum Gasteiger partial charge on any atom is -0.503 e. The van der Waals surface area contributed by atoms with E-state index in [0.717, 1.165) is 5.56 Å². The van der Waals surface area contributed by atoms with Crippen LogP contribution >= 0.6 is 0 Å². The fourth-order valence-corrected chi connectivity index (χ4v) is 2.02. The maximum Gasteiger partial charge on any atom is 0.289 e. The number of nitrogens with zero attached hydrogens (tertiary/aromatic N) is 2. The second-order valence-electron chi connectivity index (χ2n) is 4.64. The second-order valence-corrected chi connectivity index (χ2v) is 4.64. The van der Waals surface area contributed by atoms with E-state index < -0.39 is 11.7 Å². The zero-order chi connectivity index (χ0) is 14.0. The Kier molecular flexibility index (Phi) is 3.55. The minimum atomic E-state index is -0.503. The maximum atomic E-state index is 12.2. The van der Waals surface area contributed by atoms with Crippen molar-refractivity contribution in [2.45, 2.75) is 6.54 Å². The van der Waals surface area contributed by atoms with Crippen molar-refractivity contribution in [1.82, 2.24) is 9.80 Å². The molecule has 0 fully saturated rings. The van der Waals surface area contributed by atoms with Crippen molar-refractivity contribution < 1.29 is 14.7 Å². The Morgan fingerprint density at radius 3 is 2.53 bits per heavy atom. The molecule has 1 aromatic rings. The van der Waals surface area contributed by atoms with E-state index >= 15 is 0 Å². The van der Waals surface area contributed by atoms with E-state index in [-0.39, 0.29) is 18.0 Å². The van der Waals surface area contributed by atoms with Gasteiger partial charge in [-0.25, -0.2) is 0 Å². The standard InChI is InChI=1S/C14H16N2O3/c1-15(8-10-6-4-3-5-7-10)13(18)11-9-16(2)14(19)12(11)17/h3-7,17H,8-9H2,1-2H3. The summed E-state index contributed by atoms with van der Waals surface area (Å²) in [5, 5.41) is 9.65. The van der Waals surface area contributed by atoms with Gasteiger partial charge >= 0.3 is 0 Å². The Balaban J connectivity index is 2.10. The first-order valence-corrected chi connectivity index (χ1v) is 5.97. The van der Waals surface area contributed by atoms with Crippen molar-refractivity contribution >= 4 is 11.8 Å². The summed E-state index contributed by atoms with van der Waals surface area (Å²) in [5.41, 5.74) is 1.15. The molecule has 0 spiro atoms. The largest absolute Gasteiger partial charge is 0.503 e. The van der Waals surface area contributed by atoms with Gasteiger partial charge in [0.2, 0.25) is 0 Å². The monoisotopic (exact) mass is 260 g/mol. The molecule has 0 aliphatic carbocycles. The molecule has 0 radical (unpaired) electrons. The quantitative estimate of drug-likeness (QED) is 0.879. The first-order valence-electron chi connectivity index (χ1n) is 5.97. The molecule has 1 aromatic carbocycles. The van der Waals surface area contributed by atoms with Crippen LogP contribution in [0.15, 0.2) is 41.7 Å². The van der Waals surface area contributed by atoms with Crippen molar-refractivity contribution in [2.24, 2.45) is 0 Å². The van der Waals surface area contributed by atoms with Gasteiger partial charge in [0.05, 0.1) is 12.1 Å². The topological polar surface area (TPSA) is 60.9 Å². The SMILES string of the molecule is CN1CC(C(=O)N(C)Cc2ccccc2)=C(O)C1=O. The normalized spacial score (nSPS) is 15.1. The molecule has 19 heavy (non-hydrogen) atoms. The third-order valence-corrected chi connectivity index (χ3v) is 3.10. The zero-order valence-corrected chi connectivity index (χ0v) is 11.0. The molecular formula is C14H16N2O3. The molecule has 1 aliphatic rings. The van der Waals surface area contributed by atoms with Gasteiger partial charge in [-0.15, -0.1) is 0 Å². The first kappa shape index (κ1) is 13.1. The fraction of sp³-hybridized carbons (Fsp3) is 0.286. The molecule has 2 amide bonds. The average Bonchev–Trinajstić information content (AvgIpc) is 2.67. The number of aliphatic hydroxyl groups excluding tert-OH is 1. The van der Waals surface area contributed by atoms with Crippen molar-refractivity contribution in [2.75, 3.05) is 20.6 Å². The molecule has 0 saturated carbocycles. The van der Waals surface area contributed by atoms with Crippen LogP contribution in [-0.4, -0.2) is 47.4 Å². The van der Waals surface area contributed by atoms with Crippen LogP contribution in [-0.2, 0) is 16.1 Å². The van der Waals surface area contributed by atoms with Gasteiger partial charge in [-0.05, 0) is 5.56 Å². The molecule has 0 atom stereocenters. The molecule has 100 valence electrons. The smallest absolute Gasteiger partial charge is 0.289 e. The van der Waals surface area contributed by atoms with E-state index in [4.69, 9.17) is 0 Å². The molecule has 5 nitrogen and oxygen atoms in total. The molecule has 5 heteroatoms. The van der Waals surface area contributed by atoms with Crippen LogP contribution in [0.3, 0.4) is 0 Å². The van der Waals surface area contributed by atoms with E-state index in [2.05, 4.69) is 0 Å². The van der Waals surface area contributed by atoms with Gasteiger partial charge in [0.25, 0.3) is 11.8 Å². The summed E-state index contributed by atoms with van der Waals surface area (Å²) in [7, 11) is 3.20. The molecule has 1 heterocycles. The third-order valence-electron chi connectivity index (χ3n) is 3.10. The lowest BCUT2D eigenvalue weighted by Gasteiger charge is -2.18. The lowest BCUT2D eigenvalue weighted by atomic mass is 10.2. The van der Waals surface area contributed by atoms with Gasteiger partial charge in [0.1, 0.15) is 0 Å². The van der Waals surface area contributed by atoms with Crippen LogP contribution in [0.4, 0.5) is 0 Å². The summed E-state index contributed by atoms with van der Waals surface area (Å²) >= 11 is 0. The van der Waals surface area contributed by atoms with Gasteiger partial charge in [0.15, 0.2) is 5.76 Å². The summed E-state index contributed by atoms with van der Waals surface area (Å²) in [6.07, 6.45) is 0. The Morgan fingerprint density at radius 1 is 1.37 bits per heavy atom. The van der Waals surface area contributed by atoms with Crippen LogP contribution < -0.4 is 0 Å². The van der Waals surface area contributed by atoms with Gasteiger partial charge in [-0.2, -0.15) is 0 Å². The van der Waals surface area contributed by atoms with Crippen LogP contribution in [0.5, 0.6) is 0 Å². The molecule has 0 aromatic heterocycles. The highest BCUT2D eigenvalue weighted by molar-refractivity contribution is 6.06. The molecule has 1 N–H and O–H groups in total. The predicted molar refractivity (Wildman–Crippen MR) is 70.2 cm³/mol. The average molecular weight is 260 g/mol. The second kappa shape index (κ2) is 5.14. The summed E-state index contributed by atoms with van der Waals surface area (Å²) < 4.78 is 0. The number of benzene rings is 1. The Hall–Kier alpha value is -2.30. The molecule has 0 saturated heterocycles. The molecule has 2 rings (SSSR count). The number of hydrogen-bond donors (Lipinski definition) is 1. The number of carbonyl (C=O) groups is 2. The van der Waals surface area contributed by atoms with Gasteiger partial charge < -0.3 is 14.9 Å². The zero-order valence-electron chi connectivity index (χ0n) is 11.0. The fourth-order valence-electron chi connectivity index (χ4n) is 2.02. The van der Waals surface area contributed by atoms with Crippen molar-refractivity contribution in [3.63, 3.8) is 0 Å². The summed E-state index contributed by atoms with van der Waals surface area (Å²) in [6.45, 7) is 0.594. The van der Waals surface area contributed by atoms with Gasteiger partial charge in [-0.3, -0.25) is 9.59 Å². The maximum absolute atomic E-state index is 12.2. The summed E-state index contributed by atoms with van der Waals surface area (Å²) in [5.74, 6) is -1.26. The lowest BCUT2D eigenvalue weighted by Crippen LogP contribution is -2.30. The first-order chi connectivity index (χ1) is 9.00. The number of likely N-dealkylation sites (N-methyl/N-ethyl adjacent to an activating group) is 2. The lowest BCUT2D eigenvalue weighted by molar-refractivity contribution is -0.127. The molecular weight excluding hydrogens is 244 g/mol. The highest BCUT2D eigenvalue weighted by Crippen LogP contribution is 2.18. The van der Waals surface area contributed by atoms with Crippen molar-refractivity contribution in [3.8, 4) is 0 Å². The number of aliphatic hydroxyl groups is 1. The number of amides is 2.